The standard InChI is InChI=1S/C14H14ClN3OS2/c15-11-4-3-10(8-16)12(7-11)17-13(19)9-21-14(20)18-5-1-2-6-18/h3-4,7H,1-2,5-6,9H2,(H,17,19). The van der Waals surface area contributed by atoms with E-state index in [9.17, 15) is 4.79 Å². The van der Waals surface area contributed by atoms with E-state index in [0.717, 1.165) is 30.3 Å². The van der Waals surface area contributed by atoms with Gasteiger partial charge in [0.1, 0.15) is 10.4 Å². The maximum absolute atomic E-state index is 11.9. The molecule has 0 spiro atoms. The molecule has 0 saturated carbocycles. The predicted molar refractivity (Wildman–Crippen MR) is 90.7 cm³/mol. The van der Waals surface area contributed by atoms with E-state index in [1.165, 1.54) is 11.8 Å². The molecule has 0 aliphatic carbocycles. The number of carbonyl (C=O) groups excluding carboxylic acids is 1. The van der Waals surface area contributed by atoms with Crippen molar-refractivity contribution in [2.24, 2.45) is 0 Å². The Morgan fingerprint density at radius 2 is 2.19 bits per heavy atom. The fraction of sp³-hybridized carbons (Fsp3) is 0.357. The SMILES string of the molecule is N#Cc1ccc(Cl)cc1NC(=O)CSC(=S)N1CCCC1. The summed E-state index contributed by atoms with van der Waals surface area (Å²) in [5.74, 6) is 0.0347. The zero-order chi connectivity index (χ0) is 15.2. The van der Waals surface area contributed by atoms with Crippen molar-refractivity contribution in [1.82, 2.24) is 4.90 Å². The molecule has 1 aliphatic heterocycles. The smallest absolute Gasteiger partial charge is 0.234 e. The number of rotatable bonds is 3. The summed E-state index contributed by atoms with van der Waals surface area (Å²) in [6.07, 6.45) is 2.31. The lowest BCUT2D eigenvalue weighted by Gasteiger charge is -2.17. The number of halogens is 1. The van der Waals surface area contributed by atoms with Crippen molar-refractivity contribution in [3.05, 3.63) is 28.8 Å². The van der Waals surface area contributed by atoms with Crippen molar-refractivity contribution < 1.29 is 4.79 Å². The van der Waals surface area contributed by atoms with Crippen molar-refractivity contribution in [2.45, 2.75) is 12.8 Å². The summed E-state index contributed by atoms with van der Waals surface area (Å²) >= 11 is 12.5. The number of carbonyl (C=O) groups is 1. The van der Waals surface area contributed by atoms with Gasteiger partial charge < -0.3 is 10.2 Å². The molecule has 0 radical (unpaired) electrons. The molecule has 1 N–H and O–H groups in total. The minimum absolute atomic E-state index is 0.194. The lowest BCUT2D eigenvalue weighted by Crippen LogP contribution is -2.25. The summed E-state index contributed by atoms with van der Waals surface area (Å²) in [6, 6.07) is 6.80. The lowest BCUT2D eigenvalue weighted by molar-refractivity contribution is -0.113. The molecule has 1 amide bonds. The fourth-order valence-electron chi connectivity index (χ4n) is 2.02. The number of benzene rings is 1. The maximum atomic E-state index is 11.9. The zero-order valence-corrected chi connectivity index (χ0v) is 13.7. The van der Waals surface area contributed by atoms with Gasteiger partial charge in [0, 0.05) is 18.1 Å². The number of anilines is 1. The van der Waals surface area contributed by atoms with Gasteiger partial charge in [-0.25, -0.2) is 0 Å². The van der Waals surface area contributed by atoms with Gasteiger partial charge in [-0.15, -0.1) is 0 Å². The minimum atomic E-state index is -0.194. The van der Waals surface area contributed by atoms with Gasteiger partial charge in [0.05, 0.1) is 17.0 Å². The molecular formula is C14H14ClN3OS2. The third-order valence-electron chi connectivity index (χ3n) is 3.07. The first-order valence-electron chi connectivity index (χ1n) is 6.51. The molecule has 1 heterocycles. The van der Waals surface area contributed by atoms with Crippen LogP contribution in [0.2, 0.25) is 5.02 Å². The molecule has 1 fully saturated rings. The van der Waals surface area contributed by atoms with Crippen LogP contribution in [0.1, 0.15) is 18.4 Å². The molecule has 1 aromatic rings. The Bertz CT molecular complexity index is 594. The Morgan fingerprint density at radius 3 is 2.86 bits per heavy atom. The Hall–Kier alpha value is -1.29. The molecule has 7 heteroatoms. The first kappa shape index (κ1) is 16.1. The van der Waals surface area contributed by atoms with E-state index in [1.807, 2.05) is 6.07 Å². The van der Waals surface area contributed by atoms with E-state index >= 15 is 0 Å². The first-order valence-corrected chi connectivity index (χ1v) is 8.28. The van der Waals surface area contributed by atoms with Crippen molar-refractivity contribution in [3.63, 3.8) is 0 Å². The molecule has 0 atom stereocenters. The molecular weight excluding hydrogens is 326 g/mol. The Kier molecular flexibility index (Phi) is 5.85. The largest absolute Gasteiger partial charge is 0.358 e. The number of hydrogen-bond donors (Lipinski definition) is 1. The molecule has 1 aliphatic rings. The number of likely N-dealkylation sites (tertiary alicyclic amines) is 1. The average molecular weight is 340 g/mol. The Labute approximate surface area is 138 Å². The van der Waals surface area contributed by atoms with Gasteiger partial charge in [0.2, 0.25) is 5.91 Å². The van der Waals surface area contributed by atoms with E-state index < -0.39 is 0 Å². The molecule has 1 saturated heterocycles. The van der Waals surface area contributed by atoms with Crippen LogP contribution in [0.5, 0.6) is 0 Å². The summed E-state index contributed by atoms with van der Waals surface area (Å²) in [5, 5.41) is 12.2. The van der Waals surface area contributed by atoms with Gasteiger partial charge in [0.15, 0.2) is 0 Å². The number of nitrogens with one attached hydrogen (secondary N) is 1. The second-order valence-electron chi connectivity index (χ2n) is 4.60. The van der Waals surface area contributed by atoms with E-state index in [0.29, 0.717) is 16.3 Å². The van der Waals surface area contributed by atoms with Gasteiger partial charge in [-0.2, -0.15) is 5.26 Å². The van der Waals surface area contributed by atoms with Crippen LogP contribution in [0.25, 0.3) is 0 Å². The quantitative estimate of drug-likeness (QED) is 0.856. The topological polar surface area (TPSA) is 56.1 Å². The van der Waals surface area contributed by atoms with Crippen LogP contribution < -0.4 is 5.32 Å². The number of thiocarbonyl (C=S) groups is 1. The van der Waals surface area contributed by atoms with E-state index in [2.05, 4.69) is 10.2 Å². The molecule has 2 rings (SSSR count). The van der Waals surface area contributed by atoms with Gasteiger partial charge in [-0.05, 0) is 31.0 Å². The van der Waals surface area contributed by atoms with Gasteiger partial charge in [-0.1, -0.05) is 35.6 Å². The van der Waals surface area contributed by atoms with Crippen molar-refractivity contribution in [1.29, 1.82) is 5.26 Å². The minimum Gasteiger partial charge on any atom is -0.358 e. The number of nitrogens with zero attached hydrogens (tertiary/aromatic N) is 2. The van der Waals surface area contributed by atoms with Crippen molar-refractivity contribution >= 4 is 51.5 Å². The van der Waals surface area contributed by atoms with E-state index in [4.69, 9.17) is 29.1 Å². The lowest BCUT2D eigenvalue weighted by atomic mass is 10.2. The number of thioether (sulfide) groups is 1. The van der Waals surface area contributed by atoms with Crippen molar-refractivity contribution in [2.75, 3.05) is 24.2 Å². The molecule has 110 valence electrons. The third-order valence-corrected chi connectivity index (χ3v) is 4.83. The molecule has 0 bridgehead atoms. The highest BCUT2D eigenvalue weighted by Crippen LogP contribution is 2.21. The molecule has 0 unspecified atom stereocenters. The molecule has 1 aromatic carbocycles. The van der Waals surface area contributed by atoms with Crippen LogP contribution in [0.15, 0.2) is 18.2 Å². The van der Waals surface area contributed by atoms with Crippen LogP contribution in [0.4, 0.5) is 5.69 Å². The van der Waals surface area contributed by atoms with Gasteiger partial charge in [0.25, 0.3) is 0 Å². The third kappa shape index (κ3) is 4.60. The monoisotopic (exact) mass is 339 g/mol. The summed E-state index contributed by atoms with van der Waals surface area (Å²) in [5.41, 5.74) is 0.822. The zero-order valence-electron chi connectivity index (χ0n) is 11.3. The number of hydrogen-bond acceptors (Lipinski definition) is 4. The van der Waals surface area contributed by atoms with Crippen LogP contribution in [0, 0.1) is 11.3 Å². The van der Waals surface area contributed by atoms with Crippen LogP contribution in [0.3, 0.4) is 0 Å². The van der Waals surface area contributed by atoms with Gasteiger partial charge in [-0.3, -0.25) is 4.79 Å². The highest BCUT2D eigenvalue weighted by molar-refractivity contribution is 8.23. The molecule has 21 heavy (non-hydrogen) atoms. The number of amides is 1. The van der Waals surface area contributed by atoms with E-state index in [1.54, 1.807) is 18.2 Å². The summed E-state index contributed by atoms with van der Waals surface area (Å²) in [7, 11) is 0. The fourth-order valence-corrected chi connectivity index (χ4v) is 3.25. The predicted octanol–water partition coefficient (Wildman–Crippen LogP) is 3.26. The average Bonchev–Trinajstić information content (AvgIpc) is 2.99. The summed E-state index contributed by atoms with van der Waals surface area (Å²) < 4.78 is 0.759. The van der Waals surface area contributed by atoms with Crippen LogP contribution in [-0.4, -0.2) is 34.0 Å². The summed E-state index contributed by atoms with van der Waals surface area (Å²) in [6.45, 7) is 1.95. The highest BCUT2D eigenvalue weighted by Gasteiger charge is 2.16. The highest BCUT2D eigenvalue weighted by atomic mass is 35.5. The van der Waals surface area contributed by atoms with Crippen molar-refractivity contribution in [3.8, 4) is 6.07 Å². The van der Waals surface area contributed by atoms with Crippen LogP contribution in [-0.2, 0) is 4.79 Å². The normalized spacial score (nSPS) is 13.8. The van der Waals surface area contributed by atoms with Crippen LogP contribution >= 0.6 is 35.6 Å². The first-order chi connectivity index (χ1) is 10.1. The van der Waals surface area contributed by atoms with Gasteiger partial charge >= 0.3 is 0 Å². The second-order valence-corrected chi connectivity index (χ2v) is 6.64. The Balaban J connectivity index is 1.88. The second kappa shape index (κ2) is 7.64. The summed E-state index contributed by atoms with van der Waals surface area (Å²) in [4.78, 5) is 14.1. The molecule has 4 nitrogen and oxygen atoms in total. The molecule has 0 aromatic heterocycles. The maximum Gasteiger partial charge on any atom is 0.234 e. The van der Waals surface area contributed by atoms with E-state index in [-0.39, 0.29) is 11.7 Å². The Morgan fingerprint density at radius 1 is 1.48 bits per heavy atom. The number of nitriles is 1.